The molecule has 0 aliphatic carbocycles. The number of carboxylic acids is 1. The molecule has 0 atom stereocenters. The Labute approximate surface area is 126 Å². The number of hydrogen-bond donors (Lipinski definition) is 1. The summed E-state index contributed by atoms with van der Waals surface area (Å²) in [5, 5.41) is 9.36. The number of carboxylic acid groups (broad SMARTS) is 1. The summed E-state index contributed by atoms with van der Waals surface area (Å²) >= 11 is 0. The van der Waals surface area contributed by atoms with E-state index in [1.54, 1.807) is 13.8 Å². The molecule has 0 aromatic heterocycles. The lowest BCUT2D eigenvalue weighted by molar-refractivity contribution is -0.146. The molecule has 0 amide bonds. The van der Waals surface area contributed by atoms with Gasteiger partial charge in [-0.15, -0.1) is 0 Å². The second-order valence-corrected chi connectivity index (χ2v) is 6.57. The van der Waals surface area contributed by atoms with Gasteiger partial charge in [0.05, 0.1) is 18.6 Å². The van der Waals surface area contributed by atoms with Gasteiger partial charge in [0.1, 0.15) is 0 Å². The summed E-state index contributed by atoms with van der Waals surface area (Å²) in [7, 11) is 0. The van der Waals surface area contributed by atoms with E-state index in [0.717, 1.165) is 29.0 Å². The minimum Gasteiger partial charge on any atom is -0.490 e. The molecule has 116 valence electrons. The van der Waals surface area contributed by atoms with Crippen LogP contribution in [-0.2, 0) is 11.2 Å². The summed E-state index contributed by atoms with van der Waals surface area (Å²) < 4.78 is 11.5. The Morgan fingerprint density at radius 2 is 1.81 bits per heavy atom. The predicted molar refractivity (Wildman–Crippen MR) is 81.3 cm³/mol. The van der Waals surface area contributed by atoms with E-state index in [4.69, 9.17) is 9.47 Å². The maximum Gasteiger partial charge on any atom is 0.309 e. The third kappa shape index (κ3) is 3.49. The SMILES string of the molecule is CC(C)c1cc2c(cc1CC(C)(C)C(=O)O)OCCCO2. The fourth-order valence-corrected chi connectivity index (χ4v) is 2.51. The molecule has 4 heteroatoms. The number of ether oxygens (including phenoxy) is 2. The molecule has 0 fully saturated rings. The highest BCUT2D eigenvalue weighted by molar-refractivity contribution is 5.74. The summed E-state index contributed by atoms with van der Waals surface area (Å²) in [5.74, 6) is 1.02. The topological polar surface area (TPSA) is 55.8 Å². The second kappa shape index (κ2) is 5.96. The first-order valence-corrected chi connectivity index (χ1v) is 7.47. The Morgan fingerprint density at radius 3 is 2.33 bits per heavy atom. The van der Waals surface area contributed by atoms with Crippen molar-refractivity contribution in [1.82, 2.24) is 0 Å². The molecular weight excluding hydrogens is 268 g/mol. The van der Waals surface area contributed by atoms with Crippen LogP contribution in [0.15, 0.2) is 12.1 Å². The summed E-state index contributed by atoms with van der Waals surface area (Å²) in [6.45, 7) is 9.01. The van der Waals surface area contributed by atoms with Gasteiger partial charge in [-0.25, -0.2) is 0 Å². The van der Waals surface area contributed by atoms with Gasteiger partial charge in [-0.1, -0.05) is 13.8 Å². The minimum atomic E-state index is -0.802. The second-order valence-electron chi connectivity index (χ2n) is 6.57. The van der Waals surface area contributed by atoms with Gasteiger partial charge in [-0.05, 0) is 49.4 Å². The molecule has 21 heavy (non-hydrogen) atoms. The van der Waals surface area contributed by atoms with Crippen LogP contribution in [0, 0.1) is 5.41 Å². The van der Waals surface area contributed by atoms with Gasteiger partial charge in [0.2, 0.25) is 0 Å². The van der Waals surface area contributed by atoms with E-state index in [1.165, 1.54) is 0 Å². The van der Waals surface area contributed by atoms with Crippen LogP contribution in [0.3, 0.4) is 0 Å². The summed E-state index contributed by atoms with van der Waals surface area (Å²) in [6.07, 6.45) is 1.34. The minimum absolute atomic E-state index is 0.307. The van der Waals surface area contributed by atoms with Crippen molar-refractivity contribution in [3.8, 4) is 11.5 Å². The lowest BCUT2D eigenvalue weighted by Gasteiger charge is -2.23. The van der Waals surface area contributed by atoms with Crippen LogP contribution < -0.4 is 9.47 Å². The predicted octanol–water partition coefficient (Wildman–Crippen LogP) is 3.62. The van der Waals surface area contributed by atoms with E-state index in [1.807, 2.05) is 12.1 Å². The molecule has 1 aliphatic heterocycles. The molecule has 4 nitrogen and oxygen atoms in total. The first-order valence-electron chi connectivity index (χ1n) is 7.47. The molecule has 0 saturated heterocycles. The molecule has 1 aromatic carbocycles. The lowest BCUT2D eigenvalue weighted by Crippen LogP contribution is -2.26. The molecule has 2 rings (SSSR count). The van der Waals surface area contributed by atoms with Gasteiger partial charge >= 0.3 is 5.97 Å². The van der Waals surface area contributed by atoms with Crippen molar-refractivity contribution < 1.29 is 19.4 Å². The normalized spacial score (nSPS) is 14.9. The quantitative estimate of drug-likeness (QED) is 0.920. The Bertz CT molecular complexity index is 532. The molecule has 0 spiro atoms. The number of fused-ring (bicyclic) bond motifs is 1. The Kier molecular flexibility index (Phi) is 4.45. The van der Waals surface area contributed by atoms with Crippen LogP contribution in [0.4, 0.5) is 0 Å². The van der Waals surface area contributed by atoms with Crippen molar-refractivity contribution in [1.29, 1.82) is 0 Å². The van der Waals surface area contributed by atoms with Crippen molar-refractivity contribution in [2.24, 2.45) is 5.41 Å². The van der Waals surface area contributed by atoms with Gasteiger partial charge in [-0.2, -0.15) is 0 Å². The maximum atomic E-state index is 11.4. The van der Waals surface area contributed by atoms with Crippen molar-refractivity contribution in [3.63, 3.8) is 0 Å². The van der Waals surface area contributed by atoms with Crippen molar-refractivity contribution in [2.75, 3.05) is 13.2 Å². The maximum absolute atomic E-state index is 11.4. The van der Waals surface area contributed by atoms with Crippen LogP contribution in [0.5, 0.6) is 11.5 Å². The first-order chi connectivity index (χ1) is 9.81. The summed E-state index contributed by atoms with van der Waals surface area (Å²) in [5.41, 5.74) is 1.36. The first kappa shape index (κ1) is 15.7. The molecule has 0 bridgehead atoms. The zero-order valence-electron chi connectivity index (χ0n) is 13.2. The average Bonchev–Trinajstić information content (AvgIpc) is 2.61. The molecule has 0 unspecified atom stereocenters. The molecule has 1 N–H and O–H groups in total. The van der Waals surface area contributed by atoms with Gasteiger partial charge in [-0.3, -0.25) is 4.79 Å². The highest BCUT2D eigenvalue weighted by atomic mass is 16.5. The van der Waals surface area contributed by atoms with Crippen LogP contribution >= 0.6 is 0 Å². The van der Waals surface area contributed by atoms with E-state index in [-0.39, 0.29) is 0 Å². The van der Waals surface area contributed by atoms with Crippen molar-refractivity contribution in [3.05, 3.63) is 23.3 Å². The Hall–Kier alpha value is -1.71. The number of aliphatic carboxylic acids is 1. The fourth-order valence-electron chi connectivity index (χ4n) is 2.51. The number of carbonyl (C=O) groups is 1. The van der Waals surface area contributed by atoms with E-state index in [0.29, 0.717) is 25.6 Å². The number of hydrogen-bond acceptors (Lipinski definition) is 3. The van der Waals surface area contributed by atoms with Gasteiger partial charge in [0.15, 0.2) is 11.5 Å². The van der Waals surface area contributed by atoms with Crippen LogP contribution in [-0.4, -0.2) is 24.3 Å². The van der Waals surface area contributed by atoms with Crippen molar-refractivity contribution >= 4 is 5.97 Å². The molecule has 1 aromatic rings. The zero-order chi connectivity index (χ0) is 15.6. The van der Waals surface area contributed by atoms with E-state index < -0.39 is 11.4 Å². The summed E-state index contributed by atoms with van der Waals surface area (Å²) in [6, 6.07) is 3.97. The number of rotatable bonds is 4. The van der Waals surface area contributed by atoms with Gasteiger partial charge in [0, 0.05) is 6.42 Å². The number of benzene rings is 1. The molecule has 1 aliphatic rings. The monoisotopic (exact) mass is 292 g/mol. The van der Waals surface area contributed by atoms with Crippen LogP contribution in [0.25, 0.3) is 0 Å². The zero-order valence-corrected chi connectivity index (χ0v) is 13.2. The van der Waals surface area contributed by atoms with E-state index in [9.17, 15) is 9.90 Å². The van der Waals surface area contributed by atoms with Crippen LogP contribution in [0.2, 0.25) is 0 Å². The largest absolute Gasteiger partial charge is 0.490 e. The van der Waals surface area contributed by atoms with Gasteiger partial charge < -0.3 is 14.6 Å². The van der Waals surface area contributed by atoms with E-state index >= 15 is 0 Å². The molecule has 1 heterocycles. The Balaban J connectivity index is 2.43. The smallest absolute Gasteiger partial charge is 0.309 e. The third-order valence-electron chi connectivity index (χ3n) is 3.84. The summed E-state index contributed by atoms with van der Waals surface area (Å²) in [4.78, 5) is 11.4. The third-order valence-corrected chi connectivity index (χ3v) is 3.84. The molecule has 0 radical (unpaired) electrons. The molecular formula is C17H24O4. The molecule has 0 saturated carbocycles. The van der Waals surface area contributed by atoms with Crippen molar-refractivity contribution in [2.45, 2.75) is 46.5 Å². The highest BCUT2D eigenvalue weighted by Crippen LogP contribution is 2.38. The fraction of sp³-hybridized carbons (Fsp3) is 0.588. The van der Waals surface area contributed by atoms with E-state index in [2.05, 4.69) is 13.8 Å². The standard InChI is InChI=1S/C17H24O4/c1-11(2)13-9-15-14(20-6-5-7-21-15)8-12(13)10-17(3,4)16(18)19/h8-9,11H,5-7,10H2,1-4H3,(H,18,19). The lowest BCUT2D eigenvalue weighted by atomic mass is 9.82. The average molecular weight is 292 g/mol. The Morgan fingerprint density at radius 1 is 1.24 bits per heavy atom. The van der Waals surface area contributed by atoms with Gasteiger partial charge in [0.25, 0.3) is 0 Å². The van der Waals surface area contributed by atoms with Crippen LogP contribution in [0.1, 0.15) is 51.2 Å². The highest BCUT2D eigenvalue weighted by Gasteiger charge is 2.29.